The molecule has 0 aromatic rings. The van der Waals surface area contributed by atoms with E-state index in [9.17, 15) is 44.6 Å². The number of esters is 2. The summed E-state index contributed by atoms with van der Waals surface area (Å²) in [7, 11) is -5.11. The molecule has 1 fully saturated rings. The maximum absolute atomic E-state index is 12.8. The monoisotopic (exact) mass is 823 g/mol. The van der Waals surface area contributed by atoms with Crippen LogP contribution in [-0.4, -0.2) is 98.3 Å². The number of unbranched alkanes of at least 4 members (excludes halogenated alkanes) is 22. The largest absolute Gasteiger partial charge is 0.472 e. The highest BCUT2D eigenvalue weighted by Gasteiger charge is 2.51. The summed E-state index contributed by atoms with van der Waals surface area (Å²) in [5.41, 5.74) is 0. The molecule has 0 bridgehead atoms. The summed E-state index contributed by atoms with van der Waals surface area (Å²) in [4.78, 5) is 35.5. The van der Waals surface area contributed by atoms with Crippen LogP contribution in [0.25, 0.3) is 0 Å². The van der Waals surface area contributed by atoms with Gasteiger partial charge in [-0.2, -0.15) is 0 Å². The van der Waals surface area contributed by atoms with Gasteiger partial charge < -0.3 is 39.9 Å². The first kappa shape index (κ1) is 52.6. The number of phosphoric acid groups is 1. The molecular formula is C42H79O13P. The van der Waals surface area contributed by atoms with Gasteiger partial charge >= 0.3 is 19.8 Å². The minimum atomic E-state index is -5.11. The number of carbonyl (C=O) groups is 2. The van der Waals surface area contributed by atoms with Gasteiger partial charge in [0.1, 0.15) is 43.2 Å². The van der Waals surface area contributed by atoms with Crippen molar-refractivity contribution in [1.82, 2.24) is 0 Å². The molecule has 56 heavy (non-hydrogen) atoms. The second-order valence-electron chi connectivity index (χ2n) is 15.6. The molecule has 6 atom stereocenters. The van der Waals surface area contributed by atoms with Crippen LogP contribution in [0.5, 0.6) is 0 Å². The molecule has 330 valence electrons. The number of allylic oxidation sites excluding steroid dienone is 2. The molecule has 0 saturated heterocycles. The summed E-state index contributed by atoms with van der Waals surface area (Å²) >= 11 is 0. The molecule has 0 aliphatic heterocycles. The fourth-order valence-electron chi connectivity index (χ4n) is 6.75. The molecule has 0 aromatic heterocycles. The molecule has 0 spiro atoms. The van der Waals surface area contributed by atoms with Crippen molar-refractivity contribution in [3.05, 3.63) is 12.2 Å². The maximum atomic E-state index is 12.8. The first-order valence-corrected chi connectivity index (χ1v) is 23.5. The van der Waals surface area contributed by atoms with E-state index in [0.717, 1.165) is 51.4 Å². The van der Waals surface area contributed by atoms with E-state index >= 15 is 0 Å². The zero-order chi connectivity index (χ0) is 41.4. The van der Waals surface area contributed by atoms with E-state index in [4.69, 9.17) is 18.5 Å². The summed E-state index contributed by atoms with van der Waals surface area (Å²) in [6.07, 6.45) is 20.0. The van der Waals surface area contributed by atoms with Crippen molar-refractivity contribution in [2.75, 3.05) is 13.2 Å². The fourth-order valence-corrected chi connectivity index (χ4v) is 7.73. The molecule has 1 aliphatic rings. The first-order valence-electron chi connectivity index (χ1n) is 22.0. The highest BCUT2D eigenvalue weighted by atomic mass is 31.2. The summed E-state index contributed by atoms with van der Waals surface area (Å²) in [6, 6.07) is 0. The molecule has 6 N–H and O–H groups in total. The normalized spacial score (nSPS) is 22.9. The Morgan fingerprint density at radius 2 is 0.911 bits per heavy atom. The zero-order valence-electron chi connectivity index (χ0n) is 34.7. The lowest BCUT2D eigenvalue weighted by atomic mass is 9.85. The summed E-state index contributed by atoms with van der Waals surface area (Å²) in [6.45, 7) is 3.26. The SMILES string of the molecule is CCCCCCCCC/C=C\CCCCCCCCCC(=O)OC(COC(=O)CCCCCCCCCCC)COP(=O)(O)OC1C(O)C(O)C(O)C(O)C1O. The lowest BCUT2D eigenvalue weighted by Gasteiger charge is -2.41. The topological polar surface area (TPSA) is 210 Å². The Morgan fingerprint density at radius 1 is 0.536 bits per heavy atom. The van der Waals surface area contributed by atoms with Gasteiger partial charge in [0.15, 0.2) is 6.10 Å². The minimum Gasteiger partial charge on any atom is -0.462 e. The predicted octanol–water partition coefficient (Wildman–Crippen LogP) is 7.89. The van der Waals surface area contributed by atoms with Crippen LogP contribution < -0.4 is 0 Å². The van der Waals surface area contributed by atoms with Crippen molar-refractivity contribution in [2.45, 2.75) is 230 Å². The van der Waals surface area contributed by atoms with Crippen molar-refractivity contribution < 1.29 is 63.1 Å². The van der Waals surface area contributed by atoms with E-state index in [2.05, 4.69) is 26.0 Å². The van der Waals surface area contributed by atoms with Crippen LogP contribution in [0, 0.1) is 0 Å². The molecule has 0 heterocycles. The van der Waals surface area contributed by atoms with Crippen molar-refractivity contribution in [1.29, 1.82) is 0 Å². The van der Waals surface area contributed by atoms with Gasteiger partial charge in [-0.15, -0.1) is 0 Å². The molecule has 0 radical (unpaired) electrons. The standard InChI is InChI=1S/C42H79O13P/c1-3-5-7-9-11-13-14-15-16-17-18-19-20-21-23-25-27-29-31-36(44)54-34(32-52-35(43)30-28-26-24-22-12-10-8-6-4-2)33-53-56(50,51)55-42-40(48)38(46)37(45)39(47)41(42)49/h16-17,34,37-42,45-49H,3-15,18-33H2,1-2H3,(H,50,51)/b17-16-. The highest BCUT2D eigenvalue weighted by molar-refractivity contribution is 7.47. The van der Waals surface area contributed by atoms with Gasteiger partial charge in [-0.05, 0) is 38.5 Å². The Balaban J connectivity index is 2.45. The molecule has 14 heteroatoms. The number of hydrogen-bond acceptors (Lipinski definition) is 12. The lowest BCUT2D eigenvalue weighted by molar-refractivity contribution is -0.220. The van der Waals surface area contributed by atoms with E-state index in [1.165, 1.54) is 96.3 Å². The van der Waals surface area contributed by atoms with Crippen LogP contribution in [0.15, 0.2) is 12.2 Å². The Morgan fingerprint density at radius 3 is 1.36 bits per heavy atom. The number of phosphoric ester groups is 1. The molecule has 6 unspecified atom stereocenters. The van der Waals surface area contributed by atoms with Crippen LogP contribution in [0.3, 0.4) is 0 Å². The van der Waals surface area contributed by atoms with Crippen LogP contribution in [-0.2, 0) is 32.7 Å². The molecule has 1 rings (SSSR count). The number of carbonyl (C=O) groups excluding carboxylic acids is 2. The molecule has 0 amide bonds. The van der Waals surface area contributed by atoms with Gasteiger partial charge in [-0.25, -0.2) is 4.57 Å². The van der Waals surface area contributed by atoms with Gasteiger partial charge in [-0.1, -0.05) is 148 Å². The van der Waals surface area contributed by atoms with Gasteiger partial charge in [0.25, 0.3) is 0 Å². The van der Waals surface area contributed by atoms with Crippen molar-refractivity contribution >= 4 is 19.8 Å². The van der Waals surface area contributed by atoms with E-state index < -0.39 is 75.7 Å². The first-order chi connectivity index (χ1) is 26.9. The average molecular weight is 823 g/mol. The summed E-state index contributed by atoms with van der Waals surface area (Å²) < 4.78 is 33.4. The molecular weight excluding hydrogens is 743 g/mol. The maximum Gasteiger partial charge on any atom is 0.472 e. The summed E-state index contributed by atoms with van der Waals surface area (Å²) in [5.74, 6) is -1.10. The zero-order valence-corrected chi connectivity index (χ0v) is 35.6. The smallest absolute Gasteiger partial charge is 0.462 e. The predicted molar refractivity (Wildman–Crippen MR) is 217 cm³/mol. The Bertz CT molecular complexity index is 1040. The molecule has 0 aromatic carbocycles. The van der Waals surface area contributed by atoms with E-state index in [-0.39, 0.29) is 12.8 Å². The second-order valence-corrected chi connectivity index (χ2v) is 17.0. The average Bonchev–Trinajstić information content (AvgIpc) is 3.18. The van der Waals surface area contributed by atoms with Crippen LogP contribution >= 0.6 is 7.82 Å². The van der Waals surface area contributed by atoms with E-state index in [1.54, 1.807) is 0 Å². The van der Waals surface area contributed by atoms with Gasteiger partial charge in [-0.3, -0.25) is 18.6 Å². The third kappa shape index (κ3) is 25.8. The molecule has 1 aliphatic carbocycles. The number of aliphatic hydroxyl groups is 5. The minimum absolute atomic E-state index is 0.0955. The third-order valence-electron chi connectivity index (χ3n) is 10.4. The Hall–Kier alpha value is -1.41. The van der Waals surface area contributed by atoms with Gasteiger partial charge in [0.2, 0.25) is 0 Å². The van der Waals surface area contributed by atoms with Crippen molar-refractivity contribution in [3.8, 4) is 0 Å². The van der Waals surface area contributed by atoms with Gasteiger partial charge in [0, 0.05) is 12.8 Å². The van der Waals surface area contributed by atoms with Crippen molar-refractivity contribution in [3.63, 3.8) is 0 Å². The van der Waals surface area contributed by atoms with E-state index in [1.807, 2.05) is 0 Å². The number of rotatable bonds is 36. The molecule has 13 nitrogen and oxygen atoms in total. The summed E-state index contributed by atoms with van der Waals surface area (Å²) in [5, 5.41) is 50.0. The van der Waals surface area contributed by atoms with Crippen LogP contribution in [0.4, 0.5) is 0 Å². The highest BCUT2D eigenvalue weighted by Crippen LogP contribution is 2.47. The quantitative estimate of drug-likeness (QED) is 0.0154. The lowest BCUT2D eigenvalue weighted by Crippen LogP contribution is -2.64. The van der Waals surface area contributed by atoms with E-state index in [0.29, 0.717) is 12.8 Å². The van der Waals surface area contributed by atoms with Crippen LogP contribution in [0.1, 0.15) is 187 Å². The molecule has 1 saturated carbocycles. The number of ether oxygens (including phenoxy) is 2. The van der Waals surface area contributed by atoms with Gasteiger partial charge in [0.05, 0.1) is 6.61 Å². The van der Waals surface area contributed by atoms with Crippen molar-refractivity contribution in [2.24, 2.45) is 0 Å². The Labute approximate surface area is 337 Å². The van der Waals surface area contributed by atoms with Crippen LogP contribution in [0.2, 0.25) is 0 Å². The third-order valence-corrected chi connectivity index (χ3v) is 11.3. The second kappa shape index (κ2) is 33.4. The fraction of sp³-hybridized carbons (Fsp3) is 0.905. The Kier molecular flexibility index (Phi) is 31.4. The number of hydrogen-bond donors (Lipinski definition) is 6. The number of aliphatic hydroxyl groups excluding tert-OH is 5.